The Balaban J connectivity index is 1.33. The lowest BCUT2D eigenvalue weighted by molar-refractivity contribution is 0.0728. The zero-order valence-electron chi connectivity index (χ0n) is 25.8. The molecule has 6 heteroatoms. The Hall–Kier alpha value is -3.41. The third-order valence-electron chi connectivity index (χ3n) is 7.33. The van der Waals surface area contributed by atoms with Crippen molar-refractivity contribution in [2.75, 3.05) is 13.2 Å². The van der Waals surface area contributed by atoms with E-state index in [1.165, 1.54) is 89.7 Å². The molecule has 3 aromatic rings. The molecule has 0 N–H and O–H groups in total. The molecule has 228 valence electrons. The minimum absolute atomic E-state index is 0.155. The highest BCUT2D eigenvalue weighted by molar-refractivity contribution is 5.88. The molecule has 1 aromatic heterocycles. The highest BCUT2D eigenvalue weighted by Gasteiger charge is 2.12. The average molecular weight is 575 g/mol. The fourth-order valence-corrected chi connectivity index (χ4v) is 4.74. The number of hydrogen-bond donors (Lipinski definition) is 0. The third kappa shape index (κ3) is 13.1. The Labute approximate surface area is 253 Å². The van der Waals surface area contributed by atoms with Gasteiger partial charge in [-0.25, -0.2) is 9.78 Å². The van der Waals surface area contributed by atoms with Crippen LogP contribution >= 0.6 is 0 Å². The molecule has 0 bridgehead atoms. The summed E-state index contributed by atoms with van der Waals surface area (Å²) in [5.41, 5.74) is 1.75. The zero-order chi connectivity index (χ0) is 29.7. The van der Waals surface area contributed by atoms with Crippen LogP contribution < -0.4 is 14.2 Å². The number of carbonyl (C=O) groups is 1. The molecule has 0 unspecified atom stereocenters. The molecule has 2 aromatic carbocycles. The van der Waals surface area contributed by atoms with Crippen molar-refractivity contribution in [3.63, 3.8) is 0 Å². The van der Waals surface area contributed by atoms with Crippen molar-refractivity contribution in [2.24, 2.45) is 0 Å². The first-order chi connectivity index (χ1) is 20.7. The summed E-state index contributed by atoms with van der Waals surface area (Å²) in [4.78, 5) is 21.3. The molecule has 42 heavy (non-hydrogen) atoms. The van der Waals surface area contributed by atoms with Crippen LogP contribution in [0.2, 0.25) is 0 Å². The lowest BCUT2D eigenvalue weighted by atomic mass is 10.1. The van der Waals surface area contributed by atoms with Crippen LogP contribution in [0, 0.1) is 0 Å². The predicted molar refractivity (Wildman–Crippen MR) is 170 cm³/mol. The Morgan fingerprint density at radius 3 is 1.48 bits per heavy atom. The summed E-state index contributed by atoms with van der Waals surface area (Å²) in [6.45, 7) is 5.91. The van der Waals surface area contributed by atoms with Crippen LogP contribution in [0.1, 0.15) is 121 Å². The van der Waals surface area contributed by atoms with Crippen molar-refractivity contribution >= 4 is 5.97 Å². The van der Waals surface area contributed by atoms with Gasteiger partial charge in [0.1, 0.15) is 17.2 Å². The summed E-state index contributed by atoms with van der Waals surface area (Å²) in [5.74, 6) is 1.51. The quantitative estimate of drug-likeness (QED) is 0.0675. The highest BCUT2D eigenvalue weighted by atomic mass is 16.5. The molecule has 0 saturated heterocycles. The zero-order valence-corrected chi connectivity index (χ0v) is 25.8. The lowest BCUT2D eigenvalue weighted by Gasteiger charge is -2.08. The van der Waals surface area contributed by atoms with Gasteiger partial charge in [-0.1, -0.05) is 97.3 Å². The maximum atomic E-state index is 12.6. The summed E-state index contributed by atoms with van der Waals surface area (Å²) < 4.78 is 17.2. The van der Waals surface area contributed by atoms with Gasteiger partial charge < -0.3 is 14.2 Å². The maximum absolute atomic E-state index is 12.6. The number of carbonyl (C=O) groups excluding carboxylic acids is 1. The molecule has 0 aliphatic rings. The number of esters is 1. The third-order valence-corrected chi connectivity index (χ3v) is 7.33. The van der Waals surface area contributed by atoms with Gasteiger partial charge in [-0.2, -0.15) is 0 Å². The molecule has 1 heterocycles. The van der Waals surface area contributed by atoms with Crippen LogP contribution in [0.3, 0.4) is 0 Å². The number of aromatic nitrogens is 2. The van der Waals surface area contributed by atoms with Gasteiger partial charge in [0.15, 0.2) is 5.69 Å². The van der Waals surface area contributed by atoms with Crippen LogP contribution in [-0.4, -0.2) is 29.2 Å². The van der Waals surface area contributed by atoms with E-state index in [9.17, 15) is 4.79 Å². The Morgan fingerprint density at radius 2 is 1.00 bits per heavy atom. The first-order valence-electron chi connectivity index (χ1n) is 16.2. The van der Waals surface area contributed by atoms with Gasteiger partial charge in [-0.3, -0.25) is 4.98 Å². The Bertz CT molecular complexity index is 1110. The SMILES string of the molecule is CCCCCCCCCCCCOc1ccc(-c2cnc(C(=O)Oc3ccc(OCCCCCCC)cc3)cn2)cc1. The first-order valence-corrected chi connectivity index (χ1v) is 16.2. The van der Waals surface area contributed by atoms with E-state index >= 15 is 0 Å². The van der Waals surface area contributed by atoms with E-state index in [-0.39, 0.29) is 5.69 Å². The van der Waals surface area contributed by atoms with Crippen molar-refractivity contribution in [1.29, 1.82) is 0 Å². The molecular weight excluding hydrogens is 524 g/mol. The van der Waals surface area contributed by atoms with Crippen LogP contribution in [0.25, 0.3) is 11.3 Å². The van der Waals surface area contributed by atoms with Crippen LogP contribution in [0.4, 0.5) is 0 Å². The summed E-state index contributed by atoms with van der Waals surface area (Å²) in [5, 5.41) is 0. The number of hydrogen-bond acceptors (Lipinski definition) is 6. The van der Waals surface area contributed by atoms with Crippen molar-refractivity contribution in [1.82, 2.24) is 9.97 Å². The fourth-order valence-electron chi connectivity index (χ4n) is 4.74. The van der Waals surface area contributed by atoms with Crippen molar-refractivity contribution < 1.29 is 19.0 Å². The Morgan fingerprint density at radius 1 is 0.548 bits per heavy atom. The molecular formula is C36H50N2O4. The smallest absolute Gasteiger partial charge is 0.363 e. The molecule has 0 aliphatic heterocycles. The van der Waals surface area contributed by atoms with Crippen molar-refractivity contribution in [3.05, 3.63) is 66.6 Å². The van der Waals surface area contributed by atoms with Crippen LogP contribution in [0.15, 0.2) is 60.9 Å². The van der Waals surface area contributed by atoms with Crippen molar-refractivity contribution in [2.45, 2.75) is 110 Å². The van der Waals surface area contributed by atoms with Gasteiger partial charge in [-0.05, 0) is 61.4 Å². The van der Waals surface area contributed by atoms with Crippen LogP contribution in [0.5, 0.6) is 17.2 Å². The van der Waals surface area contributed by atoms with E-state index in [0.29, 0.717) is 18.1 Å². The number of benzene rings is 2. The molecule has 0 aliphatic carbocycles. The van der Waals surface area contributed by atoms with E-state index in [1.807, 2.05) is 36.4 Å². The van der Waals surface area contributed by atoms with Gasteiger partial charge in [0.05, 0.1) is 31.3 Å². The second kappa shape index (κ2) is 20.5. The molecule has 0 fully saturated rings. The monoisotopic (exact) mass is 574 g/mol. The summed E-state index contributed by atoms with van der Waals surface area (Å²) >= 11 is 0. The van der Waals surface area contributed by atoms with Crippen LogP contribution in [-0.2, 0) is 0 Å². The number of ether oxygens (including phenoxy) is 3. The summed E-state index contributed by atoms with van der Waals surface area (Å²) in [6, 6.07) is 14.9. The van der Waals surface area contributed by atoms with E-state index in [4.69, 9.17) is 14.2 Å². The number of rotatable bonds is 22. The predicted octanol–water partition coefficient (Wildman–Crippen LogP) is 10.0. The minimum atomic E-state index is -0.547. The average Bonchev–Trinajstić information content (AvgIpc) is 3.03. The van der Waals surface area contributed by atoms with Crippen molar-refractivity contribution in [3.8, 4) is 28.5 Å². The molecule has 0 atom stereocenters. The molecule has 0 saturated carbocycles. The molecule has 6 nitrogen and oxygen atoms in total. The molecule has 0 radical (unpaired) electrons. The largest absolute Gasteiger partial charge is 0.494 e. The highest BCUT2D eigenvalue weighted by Crippen LogP contribution is 2.22. The minimum Gasteiger partial charge on any atom is -0.494 e. The van der Waals surface area contributed by atoms with Gasteiger partial charge >= 0.3 is 5.97 Å². The topological polar surface area (TPSA) is 70.5 Å². The number of nitrogens with zero attached hydrogens (tertiary/aromatic N) is 2. The van der Waals surface area contributed by atoms with Gasteiger partial charge in [-0.15, -0.1) is 0 Å². The van der Waals surface area contributed by atoms with E-state index in [1.54, 1.807) is 18.3 Å². The second-order valence-electron chi connectivity index (χ2n) is 11.0. The van der Waals surface area contributed by atoms with E-state index in [0.717, 1.165) is 36.5 Å². The van der Waals surface area contributed by atoms with E-state index < -0.39 is 5.97 Å². The lowest BCUT2D eigenvalue weighted by Crippen LogP contribution is -2.11. The second-order valence-corrected chi connectivity index (χ2v) is 11.0. The van der Waals surface area contributed by atoms with E-state index in [2.05, 4.69) is 23.8 Å². The molecule has 3 rings (SSSR count). The fraction of sp³-hybridized carbons (Fsp3) is 0.528. The first kappa shape index (κ1) is 33.1. The van der Waals surface area contributed by atoms with Gasteiger partial charge in [0, 0.05) is 5.56 Å². The molecule has 0 spiro atoms. The van der Waals surface area contributed by atoms with Gasteiger partial charge in [0.2, 0.25) is 0 Å². The standard InChI is InChI=1S/C36H50N2O4/c1-3-5-7-9-10-11-12-13-15-17-27-40-31-20-18-30(19-21-31)34-28-38-35(29-37-34)36(39)42-33-24-22-32(23-25-33)41-26-16-14-8-6-4-2/h18-25,28-29H,3-17,26-27H2,1-2H3. The summed E-state index contributed by atoms with van der Waals surface area (Å²) in [7, 11) is 0. The van der Waals surface area contributed by atoms with Gasteiger partial charge in [0.25, 0.3) is 0 Å². The summed E-state index contributed by atoms with van der Waals surface area (Å²) in [6.07, 6.45) is 22.2. The molecule has 0 amide bonds. The number of unbranched alkanes of at least 4 members (excludes halogenated alkanes) is 13. The maximum Gasteiger partial charge on any atom is 0.363 e. The Kier molecular flexibility index (Phi) is 16.1. The normalized spacial score (nSPS) is 10.9.